The number of H-pyrrole nitrogens is 1. The van der Waals surface area contributed by atoms with Crippen molar-refractivity contribution in [3.05, 3.63) is 78.0 Å². The van der Waals surface area contributed by atoms with E-state index in [2.05, 4.69) is 68.3 Å². The number of imidazole rings is 1. The molecule has 0 saturated heterocycles. The summed E-state index contributed by atoms with van der Waals surface area (Å²) in [6, 6.07) is 16.7. The summed E-state index contributed by atoms with van der Waals surface area (Å²) in [5.74, 6) is 1.04. The Balaban J connectivity index is 1.60. The number of benzene rings is 2. The molecule has 4 aromatic rings. The molecule has 0 spiro atoms. The highest BCUT2D eigenvalue weighted by Gasteiger charge is 2.11. The van der Waals surface area contributed by atoms with Crippen LogP contribution in [0.25, 0.3) is 22.4 Å². The highest BCUT2D eigenvalue weighted by Crippen LogP contribution is 2.30. The van der Waals surface area contributed by atoms with Gasteiger partial charge in [-0.2, -0.15) is 15.4 Å². The predicted molar refractivity (Wildman–Crippen MR) is 113 cm³/mol. The van der Waals surface area contributed by atoms with Crippen LogP contribution >= 0.6 is 0 Å². The maximum Gasteiger partial charge on any atom is 0.113 e. The van der Waals surface area contributed by atoms with E-state index < -0.39 is 0 Å². The molecule has 0 saturated carbocycles. The molecule has 0 unspecified atom stereocenters. The molecule has 0 atom stereocenters. The van der Waals surface area contributed by atoms with E-state index in [-0.39, 0.29) is 6.61 Å². The van der Waals surface area contributed by atoms with Crippen molar-refractivity contribution in [3.63, 3.8) is 0 Å². The van der Waals surface area contributed by atoms with E-state index in [1.807, 2.05) is 12.1 Å². The van der Waals surface area contributed by atoms with E-state index in [0.29, 0.717) is 6.54 Å². The third-order valence-electron chi connectivity index (χ3n) is 5.16. The normalized spacial score (nSPS) is 11.1. The molecule has 2 heterocycles. The molecule has 2 aromatic heterocycles. The Morgan fingerprint density at radius 3 is 2.48 bits per heavy atom. The fraction of sp³-hybridized carbons (Fsp3) is 0.261. The van der Waals surface area contributed by atoms with Crippen LogP contribution in [0, 0.1) is 0 Å². The number of aryl methyl sites for hydroxylation is 1. The minimum absolute atomic E-state index is 0.00227. The first-order chi connectivity index (χ1) is 14.3. The van der Waals surface area contributed by atoms with Gasteiger partial charge in [0.1, 0.15) is 11.5 Å². The van der Waals surface area contributed by atoms with Crippen LogP contribution in [0.15, 0.2) is 60.9 Å². The van der Waals surface area contributed by atoms with Crippen molar-refractivity contribution in [1.82, 2.24) is 25.0 Å². The van der Waals surface area contributed by atoms with Gasteiger partial charge < -0.3 is 9.67 Å². The first-order valence-electron chi connectivity index (χ1n) is 9.98. The number of nitrogens with zero attached hydrogens (tertiary/aromatic N) is 4. The molecule has 0 aliphatic carbocycles. The molecule has 6 heteroatoms. The molecule has 0 fully saturated rings. The lowest BCUT2D eigenvalue weighted by atomic mass is 9.97. The zero-order valence-corrected chi connectivity index (χ0v) is 16.5. The van der Waals surface area contributed by atoms with Crippen molar-refractivity contribution in [2.45, 2.75) is 39.3 Å². The van der Waals surface area contributed by atoms with Gasteiger partial charge in [0.15, 0.2) is 0 Å². The molecule has 0 aliphatic heterocycles. The first-order valence-corrected chi connectivity index (χ1v) is 9.98. The van der Waals surface area contributed by atoms with Gasteiger partial charge in [-0.3, -0.25) is 0 Å². The summed E-state index contributed by atoms with van der Waals surface area (Å²) in [6.07, 6.45) is 6.67. The van der Waals surface area contributed by atoms with E-state index in [1.54, 1.807) is 12.4 Å². The molecule has 0 aliphatic rings. The van der Waals surface area contributed by atoms with Crippen molar-refractivity contribution >= 4 is 0 Å². The van der Waals surface area contributed by atoms with Gasteiger partial charge in [-0.25, -0.2) is 4.98 Å². The van der Waals surface area contributed by atoms with Gasteiger partial charge in [0.2, 0.25) is 0 Å². The Kier molecular flexibility index (Phi) is 5.81. The Morgan fingerprint density at radius 1 is 1.00 bits per heavy atom. The Bertz CT molecular complexity index is 1050. The number of aliphatic hydroxyl groups excluding tert-OH is 1. The number of aliphatic hydroxyl groups is 1. The summed E-state index contributed by atoms with van der Waals surface area (Å²) in [5.41, 5.74) is 6.17. The number of unbranched alkanes of at least 4 members (excludes halogenated alkanes) is 1. The van der Waals surface area contributed by atoms with Crippen molar-refractivity contribution in [2.75, 3.05) is 0 Å². The number of nitrogens with one attached hydrogen (secondary N) is 1. The molecular formula is C23H25N5O. The molecule has 0 radical (unpaired) electrons. The number of aromatic amines is 1. The van der Waals surface area contributed by atoms with Gasteiger partial charge in [-0.15, -0.1) is 0 Å². The van der Waals surface area contributed by atoms with Crippen molar-refractivity contribution in [3.8, 4) is 22.4 Å². The molecule has 6 nitrogen and oxygen atoms in total. The van der Waals surface area contributed by atoms with Crippen LogP contribution in [0.1, 0.15) is 36.8 Å². The van der Waals surface area contributed by atoms with Gasteiger partial charge in [0, 0.05) is 18.5 Å². The van der Waals surface area contributed by atoms with Crippen LogP contribution < -0.4 is 0 Å². The fourth-order valence-corrected chi connectivity index (χ4v) is 3.57. The van der Waals surface area contributed by atoms with Crippen LogP contribution in [0.3, 0.4) is 0 Å². The van der Waals surface area contributed by atoms with E-state index >= 15 is 0 Å². The second-order valence-electron chi connectivity index (χ2n) is 7.11. The second kappa shape index (κ2) is 8.84. The predicted octanol–water partition coefficient (Wildman–Crippen LogP) is 4.22. The van der Waals surface area contributed by atoms with E-state index in [1.165, 1.54) is 5.56 Å². The monoisotopic (exact) mass is 387 g/mol. The molecule has 0 bridgehead atoms. The summed E-state index contributed by atoms with van der Waals surface area (Å²) in [5, 5.41) is 20.5. The number of hydrogen-bond donors (Lipinski definition) is 2. The maximum atomic E-state index is 9.67. The lowest BCUT2D eigenvalue weighted by Gasteiger charge is -2.12. The maximum absolute atomic E-state index is 9.67. The largest absolute Gasteiger partial charge is 0.390 e. The molecule has 29 heavy (non-hydrogen) atoms. The number of aromatic nitrogens is 5. The number of hydrogen-bond acceptors (Lipinski definition) is 4. The van der Waals surface area contributed by atoms with Gasteiger partial charge in [-0.05, 0) is 23.1 Å². The zero-order valence-electron chi connectivity index (χ0n) is 16.5. The molecule has 148 valence electrons. The van der Waals surface area contributed by atoms with Crippen molar-refractivity contribution in [2.24, 2.45) is 0 Å². The van der Waals surface area contributed by atoms with Gasteiger partial charge in [0.05, 0.1) is 24.7 Å². The lowest BCUT2D eigenvalue weighted by molar-refractivity contribution is 0.271. The molecule has 4 rings (SSSR count). The highest BCUT2D eigenvalue weighted by atomic mass is 16.3. The van der Waals surface area contributed by atoms with E-state index in [9.17, 15) is 5.11 Å². The topological polar surface area (TPSA) is 79.6 Å². The summed E-state index contributed by atoms with van der Waals surface area (Å²) in [6.45, 7) is 2.89. The smallest absolute Gasteiger partial charge is 0.113 e. The average Bonchev–Trinajstić information content (AvgIpc) is 3.43. The summed E-state index contributed by atoms with van der Waals surface area (Å²) < 4.78 is 2.13. The quantitative estimate of drug-likeness (QED) is 0.474. The summed E-state index contributed by atoms with van der Waals surface area (Å²) in [7, 11) is 0. The van der Waals surface area contributed by atoms with Gasteiger partial charge in [-0.1, -0.05) is 61.9 Å². The van der Waals surface area contributed by atoms with Crippen LogP contribution in [0.4, 0.5) is 0 Å². The van der Waals surface area contributed by atoms with Crippen LogP contribution in [0.5, 0.6) is 0 Å². The summed E-state index contributed by atoms with van der Waals surface area (Å²) in [4.78, 5) is 4.51. The van der Waals surface area contributed by atoms with Crippen LogP contribution in [-0.4, -0.2) is 30.1 Å². The minimum atomic E-state index is 0.00227. The zero-order chi connectivity index (χ0) is 20.1. The summed E-state index contributed by atoms with van der Waals surface area (Å²) >= 11 is 0. The van der Waals surface area contributed by atoms with Crippen LogP contribution in [0.2, 0.25) is 0 Å². The lowest BCUT2D eigenvalue weighted by Crippen LogP contribution is -2.09. The second-order valence-corrected chi connectivity index (χ2v) is 7.11. The van der Waals surface area contributed by atoms with E-state index in [4.69, 9.17) is 0 Å². The average molecular weight is 387 g/mol. The van der Waals surface area contributed by atoms with Crippen molar-refractivity contribution in [1.29, 1.82) is 0 Å². The molecular weight excluding hydrogens is 362 g/mol. The number of rotatable bonds is 8. The SMILES string of the molecule is CCCCc1ncc(CO)n1Cc1ccc(-c2ccccc2-c2cn[nH]n2)cc1. The Hall–Kier alpha value is -3.25. The fourth-order valence-electron chi connectivity index (χ4n) is 3.57. The van der Waals surface area contributed by atoms with Crippen molar-refractivity contribution < 1.29 is 5.11 Å². The van der Waals surface area contributed by atoms with Gasteiger partial charge in [0.25, 0.3) is 0 Å². The third-order valence-corrected chi connectivity index (χ3v) is 5.16. The first kappa shape index (κ1) is 19.1. The Morgan fingerprint density at radius 2 is 1.79 bits per heavy atom. The van der Waals surface area contributed by atoms with E-state index in [0.717, 1.165) is 53.2 Å². The highest BCUT2D eigenvalue weighted by molar-refractivity contribution is 5.81. The van der Waals surface area contributed by atoms with Crippen LogP contribution in [-0.2, 0) is 19.6 Å². The molecule has 2 N–H and O–H groups in total. The molecule has 2 aromatic carbocycles. The molecule has 0 amide bonds. The standard InChI is InChI=1S/C23H25N5O/c1-2-3-8-23-24-13-19(16-29)28(23)15-17-9-11-18(12-10-17)20-6-4-5-7-21(20)22-14-25-27-26-22/h4-7,9-14,29H,2-3,8,15-16H2,1H3,(H,25,26,27). The third kappa shape index (κ3) is 4.12. The minimum Gasteiger partial charge on any atom is -0.390 e. The Labute approximate surface area is 170 Å². The van der Waals surface area contributed by atoms with Gasteiger partial charge >= 0.3 is 0 Å².